The lowest BCUT2D eigenvalue weighted by Crippen LogP contribution is -2.52. The van der Waals surface area contributed by atoms with Gasteiger partial charge in [0.25, 0.3) is 5.89 Å². The first-order chi connectivity index (χ1) is 19.0. The molecule has 0 aliphatic carbocycles. The topological polar surface area (TPSA) is 151 Å². The number of ether oxygens (including phenoxy) is 2. The molecule has 0 fully saturated rings. The van der Waals surface area contributed by atoms with Crippen LogP contribution in [0, 0.1) is 11.3 Å². The van der Waals surface area contributed by atoms with Gasteiger partial charge in [-0.15, -0.1) is 0 Å². The largest absolute Gasteiger partial charge is 0.490 e. The van der Waals surface area contributed by atoms with Gasteiger partial charge in [0, 0.05) is 24.2 Å². The Morgan fingerprint density at radius 2 is 2.02 bits per heavy atom. The van der Waals surface area contributed by atoms with E-state index in [0.29, 0.717) is 42.2 Å². The van der Waals surface area contributed by atoms with E-state index in [1.165, 1.54) is 0 Å². The summed E-state index contributed by atoms with van der Waals surface area (Å²) in [5, 5.41) is 26.0. The molecule has 11 nitrogen and oxygen atoms in total. The van der Waals surface area contributed by atoms with E-state index >= 15 is 0 Å². The zero-order valence-corrected chi connectivity index (χ0v) is 23.2. The van der Waals surface area contributed by atoms with E-state index in [9.17, 15) is 20.0 Å². The summed E-state index contributed by atoms with van der Waals surface area (Å²) in [7, 11) is 0. The van der Waals surface area contributed by atoms with Crippen molar-refractivity contribution in [3.8, 4) is 34.7 Å². The number of fused-ring (bicyclic) bond motifs is 1. The maximum Gasteiger partial charge on any atom is 0.408 e. The van der Waals surface area contributed by atoms with Crippen molar-refractivity contribution in [3.63, 3.8) is 0 Å². The first kappa shape index (κ1) is 28.6. The molecular weight excluding hydrogens is 514 g/mol. The second kappa shape index (κ2) is 11.8. The number of carbonyl (C=O) groups excluding carboxylic acids is 2. The molecule has 1 aromatic heterocycles. The minimum Gasteiger partial charge on any atom is -0.490 e. The molecule has 210 valence electrons. The van der Waals surface area contributed by atoms with Crippen LogP contribution < -0.4 is 10.1 Å². The fourth-order valence-electron chi connectivity index (χ4n) is 4.42. The molecule has 1 aliphatic rings. The molecule has 0 saturated carbocycles. The molecule has 2 amide bonds. The lowest BCUT2D eigenvalue weighted by molar-refractivity contribution is -0.135. The predicted molar refractivity (Wildman–Crippen MR) is 145 cm³/mol. The maximum absolute atomic E-state index is 13.1. The number of hydrogen-bond acceptors (Lipinski definition) is 9. The van der Waals surface area contributed by atoms with E-state index in [-0.39, 0.29) is 12.0 Å². The van der Waals surface area contributed by atoms with Gasteiger partial charge in [-0.2, -0.15) is 10.2 Å². The second-order valence-corrected chi connectivity index (χ2v) is 10.7. The SMILES string of the molecule is CC(C)Oc1ccc(-c2nc(-c3cccc4c3CCN(C(=O)C(CO)NC(=O)OC(C)(C)C)C4)no2)cc1C#N. The third-order valence-corrected chi connectivity index (χ3v) is 6.13. The van der Waals surface area contributed by atoms with Crippen molar-refractivity contribution in [1.82, 2.24) is 20.4 Å². The number of alkyl carbamates (subject to hydrolysis) is 1. The second-order valence-electron chi connectivity index (χ2n) is 10.7. The van der Waals surface area contributed by atoms with Gasteiger partial charge in [0.05, 0.1) is 18.3 Å². The Bertz CT molecular complexity index is 1440. The molecule has 2 N–H and O–H groups in total. The number of nitriles is 1. The third-order valence-electron chi connectivity index (χ3n) is 6.13. The average Bonchev–Trinajstić information content (AvgIpc) is 3.39. The van der Waals surface area contributed by atoms with E-state index < -0.39 is 30.3 Å². The Balaban J connectivity index is 1.51. The summed E-state index contributed by atoms with van der Waals surface area (Å²) in [6.45, 7) is 9.06. The Morgan fingerprint density at radius 3 is 2.70 bits per heavy atom. The molecule has 11 heteroatoms. The Labute approximate surface area is 232 Å². The number of aliphatic hydroxyl groups excluding tert-OH is 1. The number of amides is 2. The number of nitrogens with zero attached hydrogens (tertiary/aromatic N) is 4. The van der Waals surface area contributed by atoms with Crippen LogP contribution in [0.25, 0.3) is 22.8 Å². The van der Waals surface area contributed by atoms with Crippen LogP contribution in [0.3, 0.4) is 0 Å². The molecule has 0 bridgehead atoms. The number of nitrogens with one attached hydrogen (secondary N) is 1. The van der Waals surface area contributed by atoms with E-state index in [1.807, 2.05) is 32.0 Å². The number of aliphatic hydroxyl groups is 1. The maximum atomic E-state index is 13.1. The van der Waals surface area contributed by atoms with Crippen LogP contribution in [-0.4, -0.2) is 63.0 Å². The summed E-state index contributed by atoms with van der Waals surface area (Å²) in [5.41, 5.74) is 2.91. The Kier molecular flexibility index (Phi) is 8.40. The Morgan fingerprint density at radius 1 is 1.25 bits per heavy atom. The van der Waals surface area contributed by atoms with Crippen molar-refractivity contribution in [2.24, 2.45) is 0 Å². The van der Waals surface area contributed by atoms with Crippen molar-refractivity contribution < 1.29 is 28.7 Å². The Hall–Kier alpha value is -4.43. The van der Waals surface area contributed by atoms with Crippen LogP contribution in [-0.2, 0) is 22.5 Å². The van der Waals surface area contributed by atoms with Gasteiger partial charge in [0.15, 0.2) is 0 Å². The zero-order valence-electron chi connectivity index (χ0n) is 23.2. The quantitative estimate of drug-likeness (QED) is 0.450. The first-order valence-corrected chi connectivity index (χ1v) is 13.0. The molecule has 1 aliphatic heterocycles. The van der Waals surface area contributed by atoms with E-state index in [2.05, 4.69) is 21.5 Å². The minimum atomic E-state index is -1.12. The number of hydrogen-bond donors (Lipinski definition) is 2. The van der Waals surface area contributed by atoms with Crippen LogP contribution >= 0.6 is 0 Å². The highest BCUT2D eigenvalue weighted by molar-refractivity contribution is 5.86. The van der Waals surface area contributed by atoms with E-state index in [4.69, 9.17) is 14.0 Å². The minimum absolute atomic E-state index is 0.0702. The lowest BCUT2D eigenvalue weighted by Gasteiger charge is -2.32. The lowest BCUT2D eigenvalue weighted by atomic mass is 9.93. The third kappa shape index (κ3) is 6.58. The van der Waals surface area contributed by atoms with Gasteiger partial charge in [-0.3, -0.25) is 4.79 Å². The standard InChI is InChI=1S/C29H33N5O6/c1-17(2)38-24-10-9-18(13-20(24)14-30)26-32-25(33-40-26)22-8-6-7-19-15-34(12-11-21(19)22)27(36)23(16-35)31-28(37)39-29(3,4)5/h6-10,13,17,23,35H,11-12,15-16H2,1-5H3,(H,31,37). The van der Waals surface area contributed by atoms with Crippen LogP contribution in [0.2, 0.25) is 0 Å². The number of rotatable bonds is 7. The molecule has 0 saturated heterocycles. The molecular formula is C29H33N5O6. The highest BCUT2D eigenvalue weighted by Crippen LogP contribution is 2.32. The number of aromatic nitrogens is 2. The number of benzene rings is 2. The van der Waals surface area contributed by atoms with Crippen LogP contribution in [0.4, 0.5) is 4.79 Å². The van der Waals surface area contributed by atoms with Crippen molar-refractivity contribution in [1.29, 1.82) is 5.26 Å². The zero-order chi connectivity index (χ0) is 29.0. The average molecular weight is 548 g/mol. The molecule has 2 heterocycles. The molecule has 4 rings (SSSR count). The van der Waals surface area contributed by atoms with Crippen molar-refractivity contribution in [3.05, 3.63) is 53.1 Å². The summed E-state index contributed by atoms with van der Waals surface area (Å²) in [5.74, 6) is 0.755. The molecule has 40 heavy (non-hydrogen) atoms. The molecule has 0 spiro atoms. The van der Waals surface area contributed by atoms with Crippen LogP contribution in [0.1, 0.15) is 51.3 Å². The fourth-order valence-corrected chi connectivity index (χ4v) is 4.42. The molecule has 1 atom stereocenters. The summed E-state index contributed by atoms with van der Waals surface area (Å²) in [6, 6.07) is 11.8. The van der Waals surface area contributed by atoms with Crippen LogP contribution in [0.15, 0.2) is 40.9 Å². The van der Waals surface area contributed by atoms with Gasteiger partial charge in [-0.1, -0.05) is 23.4 Å². The molecule has 2 aromatic carbocycles. The fraction of sp³-hybridized carbons (Fsp3) is 0.414. The van der Waals surface area contributed by atoms with Crippen molar-refractivity contribution >= 4 is 12.0 Å². The summed E-state index contributed by atoms with van der Waals surface area (Å²) >= 11 is 0. The van der Waals surface area contributed by atoms with E-state index in [1.54, 1.807) is 43.9 Å². The van der Waals surface area contributed by atoms with Gasteiger partial charge in [0.1, 0.15) is 23.5 Å². The summed E-state index contributed by atoms with van der Waals surface area (Å²) < 4.78 is 16.4. The first-order valence-electron chi connectivity index (χ1n) is 13.0. The normalized spacial score (nSPS) is 13.8. The smallest absolute Gasteiger partial charge is 0.408 e. The number of carbonyl (C=O) groups is 2. The molecule has 1 unspecified atom stereocenters. The summed E-state index contributed by atoms with van der Waals surface area (Å²) in [4.78, 5) is 31.4. The van der Waals surface area contributed by atoms with Crippen molar-refractivity contribution in [2.45, 2.75) is 65.3 Å². The van der Waals surface area contributed by atoms with Crippen molar-refractivity contribution in [2.75, 3.05) is 13.2 Å². The monoisotopic (exact) mass is 547 g/mol. The summed E-state index contributed by atoms with van der Waals surface area (Å²) in [6.07, 6.45) is -0.318. The predicted octanol–water partition coefficient (Wildman–Crippen LogP) is 3.83. The van der Waals surface area contributed by atoms with Gasteiger partial charge in [-0.25, -0.2) is 4.79 Å². The van der Waals surface area contributed by atoms with Gasteiger partial charge >= 0.3 is 6.09 Å². The molecule has 0 radical (unpaired) electrons. The van der Waals surface area contributed by atoms with Gasteiger partial charge in [-0.05, 0) is 70.4 Å². The van der Waals surface area contributed by atoms with E-state index in [0.717, 1.165) is 16.7 Å². The van der Waals surface area contributed by atoms with Gasteiger partial charge < -0.3 is 29.3 Å². The molecule has 3 aromatic rings. The highest BCUT2D eigenvalue weighted by Gasteiger charge is 2.31. The van der Waals surface area contributed by atoms with Crippen LogP contribution in [0.5, 0.6) is 5.75 Å². The highest BCUT2D eigenvalue weighted by atomic mass is 16.6. The van der Waals surface area contributed by atoms with Gasteiger partial charge in [0.2, 0.25) is 11.7 Å².